The van der Waals surface area contributed by atoms with Gasteiger partial charge in [-0.2, -0.15) is 0 Å². The summed E-state index contributed by atoms with van der Waals surface area (Å²) in [4.78, 5) is 24.4. The Morgan fingerprint density at radius 3 is 2.19 bits per heavy atom. The number of carbonyl (C=O) groups is 2. The highest BCUT2D eigenvalue weighted by Gasteiger charge is 2.30. The molecule has 0 bridgehead atoms. The van der Waals surface area contributed by atoms with E-state index in [0.717, 1.165) is 12.8 Å². The first-order chi connectivity index (χ1) is 7.30. The second-order valence-electron chi connectivity index (χ2n) is 5.13. The second kappa shape index (κ2) is 4.82. The molecule has 16 heavy (non-hydrogen) atoms. The van der Waals surface area contributed by atoms with Gasteiger partial charge in [-0.15, -0.1) is 0 Å². The molecule has 5 heteroatoms. The molecule has 5 nitrogen and oxygen atoms in total. The largest absolute Gasteiger partial charge is 0.370 e. The lowest BCUT2D eigenvalue weighted by molar-refractivity contribution is -0.137. The number of rotatable bonds is 3. The monoisotopic (exact) mass is 227 g/mol. The second-order valence-corrected chi connectivity index (χ2v) is 5.13. The highest BCUT2D eigenvalue weighted by atomic mass is 16.2. The molecule has 0 aliphatic carbocycles. The fourth-order valence-electron chi connectivity index (χ4n) is 2.03. The highest BCUT2D eigenvalue weighted by molar-refractivity contribution is 5.85. The highest BCUT2D eigenvalue weighted by Crippen LogP contribution is 2.21. The lowest BCUT2D eigenvalue weighted by Gasteiger charge is -2.35. The van der Waals surface area contributed by atoms with Crippen LogP contribution >= 0.6 is 0 Å². The Labute approximate surface area is 96.1 Å². The van der Waals surface area contributed by atoms with Gasteiger partial charge in [-0.25, -0.2) is 0 Å². The van der Waals surface area contributed by atoms with E-state index in [2.05, 4.69) is 0 Å². The van der Waals surface area contributed by atoms with Crippen molar-refractivity contribution in [2.75, 3.05) is 13.1 Å². The van der Waals surface area contributed by atoms with Crippen LogP contribution in [0.15, 0.2) is 0 Å². The first kappa shape index (κ1) is 13.0. The molecule has 0 unspecified atom stereocenters. The summed E-state index contributed by atoms with van der Waals surface area (Å²) in [7, 11) is 0. The number of hydrogen-bond acceptors (Lipinski definition) is 3. The molecule has 0 spiro atoms. The third-order valence-corrected chi connectivity index (χ3v) is 2.94. The Kier molecular flexibility index (Phi) is 3.91. The minimum absolute atomic E-state index is 0.0231. The molecule has 1 heterocycles. The number of likely N-dealkylation sites (tertiary alicyclic amines) is 1. The normalized spacial score (nSPS) is 18.6. The van der Waals surface area contributed by atoms with Crippen LogP contribution in [0.4, 0.5) is 0 Å². The molecule has 4 N–H and O–H groups in total. The van der Waals surface area contributed by atoms with Crippen molar-refractivity contribution in [3.8, 4) is 0 Å². The third kappa shape index (κ3) is 3.48. The van der Waals surface area contributed by atoms with Crippen LogP contribution in [0.1, 0.15) is 33.1 Å². The van der Waals surface area contributed by atoms with E-state index < -0.39 is 5.54 Å². The Hall–Kier alpha value is -1.10. The standard InChI is InChI=1S/C11H21N3O2/c1-11(2,13)10(16)14-5-3-8(4-6-14)7-9(12)15/h8H,3-7,13H2,1-2H3,(H2,12,15). The molecule has 1 rings (SSSR count). The smallest absolute Gasteiger partial charge is 0.242 e. The molecule has 92 valence electrons. The first-order valence-electron chi connectivity index (χ1n) is 5.67. The van der Waals surface area contributed by atoms with Gasteiger partial charge in [0, 0.05) is 19.5 Å². The summed E-state index contributed by atoms with van der Waals surface area (Å²) in [6.45, 7) is 4.78. The van der Waals surface area contributed by atoms with Crippen molar-refractivity contribution in [3.63, 3.8) is 0 Å². The number of carbonyl (C=O) groups excluding carboxylic acids is 2. The van der Waals surface area contributed by atoms with E-state index in [4.69, 9.17) is 11.5 Å². The molecular formula is C11H21N3O2. The Balaban J connectivity index is 2.43. The van der Waals surface area contributed by atoms with Gasteiger partial charge in [0.25, 0.3) is 0 Å². The van der Waals surface area contributed by atoms with Crippen molar-refractivity contribution in [3.05, 3.63) is 0 Å². The van der Waals surface area contributed by atoms with Gasteiger partial charge >= 0.3 is 0 Å². The molecule has 0 atom stereocenters. The molecule has 1 aliphatic heterocycles. The predicted octanol–water partition coefficient (Wildman–Crippen LogP) is -0.162. The van der Waals surface area contributed by atoms with Gasteiger partial charge in [-0.1, -0.05) is 0 Å². The van der Waals surface area contributed by atoms with Crippen molar-refractivity contribution >= 4 is 11.8 Å². The molecule has 0 aromatic rings. The quantitative estimate of drug-likeness (QED) is 0.702. The summed E-state index contributed by atoms with van der Waals surface area (Å²) in [6, 6.07) is 0. The Morgan fingerprint density at radius 2 is 1.81 bits per heavy atom. The Morgan fingerprint density at radius 1 is 1.31 bits per heavy atom. The van der Waals surface area contributed by atoms with Crippen molar-refractivity contribution in [2.24, 2.45) is 17.4 Å². The molecule has 1 aliphatic rings. The fourth-order valence-corrected chi connectivity index (χ4v) is 2.03. The minimum atomic E-state index is -0.809. The number of hydrogen-bond donors (Lipinski definition) is 2. The van der Waals surface area contributed by atoms with Gasteiger partial charge in [0.2, 0.25) is 11.8 Å². The van der Waals surface area contributed by atoms with E-state index in [-0.39, 0.29) is 11.8 Å². The number of nitrogens with zero attached hydrogens (tertiary/aromatic N) is 1. The van der Waals surface area contributed by atoms with Crippen LogP contribution in [0.5, 0.6) is 0 Å². The van der Waals surface area contributed by atoms with Crippen molar-refractivity contribution < 1.29 is 9.59 Å². The van der Waals surface area contributed by atoms with E-state index in [9.17, 15) is 9.59 Å². The fraction of sp³-hybridized carbons (Fsp3) is 0.818. The molecular weight excluding hydrogens is 206 g/mol. The summed E-state index contributed by atoms with van der Waals surface area (Å²) < 4.78 is 0. The summed E-state index contributed by atoms with van der Waals surface area (Å²) >= 11 is 0. The van der Waals surface area contributed by atoms with Gasteiger partial charge in [-0.3, -0.25) is 9.59 Å². The van der Waals surface area contributed by atoms with Crippen LogP contribution in [0.2, 0.25) is 0 Å². The summed E-state index contributed by atoms with van der Waals surface area (Å²) in [5.74, 6) is 0.0383. The summed E-state index contributed by atoms with van der Waals surface area (Å²) in [5, 5.41) is 0. The lowest BCUT2D eigenvalue weighted by Crippen LogP contribution is -2.53. The maximum Gasteiger partial charge on any atom is 0.242 e. The van der Waals surface area contributed by atoms with E-state index in [0.29, 0.717) is 25.4 Å². The molecule has 2 amide bonds. The predicted molar refractivity (Wildman–Crippen MR) is 61.4 cm³/mol. The van der Waals surface area contributed by atoms with Gasteiger partial charge in [0.15, 0.2) is 0 Å². The first-order valence-corrected chi connectivity index (χ1v) is 5.67. The number of amides is 2. The van der Waals surface area contributed by atoms with E-state index in [1.54, 1.807) is 18.7 Å². The van der Waals surface area contributed by atoms with Crippen LogP contribution in [-0.2, 0) is 9.59 Å². The van der Waals surface area contributed by atoms with Gasteiger partial charge < -0.3 is 16.4 Å². The molecule has 0 saturated carbocycles. The lowest BCUT2D eigenvalue weighted by atomic mass is 9.92. The molecule has 1 fully saturated rings. The number of piperidine rings is 1. The summed E-state index contributed by atoms with van der Waals surface area (Å²) in [6.07, 6.45) is 2.10. The molecule has 0 radical (unpaired) electrons. The summed E-state index contributed by atoms with van der Waals surface area (Å²) in [5.41, 5.74) is 10.1. The topological polar surface area (TPSA) is 89.4 Å². The van der Waals surface area contributed by atoms with Gasteiger partial charge in [-0.05, 0) is 32.6 Å². The number of nitrogens with two attached hydrogens (primary N) is 2. The SMILES string of the molecule is CC(C)(N)C(=O)N1CCC(CC(N)=O)CC1. The van der Waals surface area contributed by atoms with Crippen LogP contribution in [0.3, 0.4) is 0 Å². The van der Waals surface area contributed by atoms with E-state index in [1.165, 1.54) is 0 Å². The zero-order valence-electron chi connectivity index (χ0n) is 10.0. The van der Waals surface area contributed by atoms with Crippen molar-refractivity contribution in [1.82, 2.24) is 4.90 Å². The van der Waals surface area contributed by atoms with E-state index >= 15 is 0 Å². The molecule has 1 saturated heterocycles. The van der Waals surface area contributed by atoms with Crippen LogP contribution < -0.4 is 11.5 Å². The zero-order chi connectivity index (χ0) is 12.3. The number of primary amides is 1. The van der Waals surface area contributed by atoms with Gasteiger partial charge in [0.1, 0.15) is 0 Å². The van der Waals surface area contributed by atoms with Crippen molar-refractivity contribution in [1.29, 1.82) is 0 Å². The third-order valence-electron chi connectivity index (χ3n) is 2.94. The van der Waals surface area contributed by atoms with Crippen LogP contribution in [-0.4, -0.2) is 35.3 Å². The average Bonchev–Trinajstić information content (AvgIpc) is 2.15. The Bertz CT molecular complexity index is 275. The average molecular weight is 227 g/mol. The minimum Gasteiger partial charge on any atom is -0.370 e. The zero-order valence-corrected chi connectivity index (χ0v) is 10.0. The van der Waals surface area contributed by atoms with E-state index in [1.807, 2.05) is 0 Å². The van der Waals surface area contributed by atoms with Crippen LogP contribution in [0, 0.1) is 5.92 Å². The van der Waals surface area contributed by atoms with Gasteiger partial charge in [0.05, 0.1) is 5.54 Å². The molecule has 0 aromatic heterocycles. The van der Waals surface area contributed by atoms with Crippen molar-refractivity contribution in [2.45, 2.75) is 38.6 Å². The van der Waals surface area contributed by atoms with Crippen LogP contribution in [0.25, 0.3) is 0 Å². The maximum absolute atomic E-state index is 11.9. The molecule has 0 aromatic carbocycles. The maximum atomic E-state index is 11.9.